The number of amides is 2. The van der Waals surface area contributed by atoms with E-state index >= 15 is 0 Å². The van der Waals surface area contributed by atoms with E-state index < -0.39 is 10.8 Å². The van der Waals surface area contributed by atoms with Crippen LogP contribution in [0.4, 0.5) is 22.7 Å². The first-order valence-electron chi connectivity index (χ1n) is 9.72. The number of nitrogens with one attached hydrogen (secondary N) is 2. The largest absolute Gasteiger partial charge is 0.366 e. The van der Waals surface area contributed by atoms with Crippen LogP contribution in [0.2, 0.25) is 0 Å². The van der Waals surface area contributed by atoms with Crippen molar-refractivity contribution >= 4 is 34.6 Å². The highest BCUT2D eigenvalue weighted by molar-refractivity contribution is 6.05. The van der Waals surface area contributed by atoms with Crippen molar-refractivity contribution in [3.05, 3.63) is 58.1 Å². The van der Waals surface area contributed by atoms with Crippen molar-refractivity contribution in [2.24, 2.45) is 0 Å². The monoisotopic (exact) mass is 396 g/mol. The second-order valence-electron chi connectivity index (χ2n) is 6.94. The van der Waals surface area contributed by atoms with E-state index in [2.05, 4.69) is 10.6 Å². The lowest BCUT2D eigenvalue weighted by Crippen LogP contribution is -2.30. The molecule has 29 heavy (non-hydrogen) atoms. The van der Waals surface area contributed by atoms with Crippen molar-refractivity contribution in [1.82, 2.24) is 0 Å². The molecule has 0 saturated carbocycles. The highest BCUT2D eigenvalue weighted by Crippen LogP contribution is 2.31. The third-order valence-corrected chi connectivity index (χ3v) is 4.86. The van der Waals surface area contributed by atoms with Crippen molar-refractivity contribution < 1.29 is 14.5 Å². The average Bonchev–Trinajstić information content (AvgIpc) is 2.74. The highest BCUT2D eigenvalue weighted by atomic mass is 16.6. The zero-order valence-corrected chi connectivity index (χ0v) is 16.3. The lowest BCUT2D eigenvalue weighted by atomic mass is 10.1. The van der Waals surface area contributed by atoms with Crippen LogP contribution in [-0.2, 0) is 4.79 Å². The second-order valence-corrected chi connectivity index (χ2v) is 6.94. The van der Waals surface area contributed by atoms with E-state index in [1.807, 2.05) is 4.90 Å². The van der Waals surface area contributed by atoms with E-state index in [4.69, 9.17) is 0 Å². The Morgan fingerprint density at radius 3 is 2.38 bits per heavy atom. The minimum Gasteiger partial charge on any atom is -0.366 e. The molecule has 1 aliphatic heterocycles. The van der Waals surface area contributed by atoms with Gasteiger partial charge >= 0.3 is 0 Å². The summed E-state index contributed by atoms with van der Waals surface area (Å²) in [6.07, 6.45) is 3.49. The van der Waals surface area contributed by atoms with Crippen LogP contribution in [0, 0.1) is 10.1 Å². The predicted molar refractivity (Wildman–Crippen MR) is 112 cm³/mol. The van der Waals surface area contributed by atoms with Crippen LogP contribution in [-0.4, -0.2) is 29.8 Å². The molecule has 1 heterocycles. The van der Waals surface area contributed by atoms with Gasteiger partial charge < -0.3 is 15.5 Å². The summed E-state index contributed by atoms with van der Waals surface area (Å²) in [5.74, 6) is -0.574. The fourth-order valence-corrected chi connectivity index (χ4v) is 3.34. The predicted octanol–water partition coefficient (Wildman–Crippen LogP) is 4.19. The summed E-state index contributed by atoms with van der Waals surface area (Å²) < 4.78 is 0. The first-order valence-corrected chi connectivity index (χ1v) is 9.72. The van der Waals surface area contributed by atoms with Crippen LogP contribution in [0.5, 0.6) is 0 Å². The van der Waals surface area contributed by atoms with Gasteiger partial charge in [0.15, 0.2) is 0 Å². The smallest absolute Gasteiger partial charge is 0.293 e. The Bertz CT molecular complexity index is 923. The van der Waals surface area contributed by atoms with Gasteiger partial charge in [-0.1, -0.05) is 13.0 Å². The Morgan fingerprint density at radius 1 is 1.03 bits per heavy atom. The third-order valence-electron chi connectivity index (χ3n) is 4.86. The van der Waals surface area contributed by atoms with Crippen LogP contribution in [0.25, 0.3) is 0 Å². The number of piperidine rings is 1. The number of rotatable bonds is 6. The standard InChI is InChI=1S/C21H24N4O4/c1-2-20(26)22-16-7-6-8-17(14-16)23-21(27)15-9-10-18(19(13-15)25(28)29)24-11-4-3-5-12-24/h6-10,13-14H,2-5,11-12H2,1H3,(H,22,26)(H,23,27). The van der Waals surface area contributed by atoms with E-state index in [0.717, 1.165) is 32.4 Å². The fourth-order valence-electron chi connectivity index (χ4n) is 3.34. The number of hydrogen-bond donors (Lipinski definition) is 2. The topological polar surface area (TPSA) is 105 Å². The number of nitrogens with zero attached hydrogens (tertiary/aromatic N) is 2. The molecule has 0 radical (unpaired) electrons. The van der Waals surface area contributed by atoms with Gasteiger partial charge in [-0.3, -0.25) is 19.7 Å². The Morgan fingerprint density at radius 2 is 1.72 bits per heavy atom. The molecular formula is C21H24N4O4. The first-order chi connectivity index (χ1) is 14.0. The molecule has 8 nitrogen and oxygen atoms in total. The number of carbonyl (C=O) groups excluding carboxylic acids is 2. The molecule has 0 unspecified atom stereocenters. The number of hydrogen-bond acceptors (Lipinski definition) is 5. The molecule has 0 spiro atoms. The van der Waals surface area contributed by atoms with Gasteiger partial charge in [0.1, 0.15) is 5.69 Å². The minimum absolute atomic E-state index is 0.0662. The molecular weight excluding hydrogens is 372 g/mol. The maximum Gasteiger partial charge on any atom is 0.293 e. The lowest BCUT2D eigenvalue weighted by molar-refractivity contribution is -0.384. The van der Waals surface area contributed by atoms with E-state index in [0.29, 0.717) is 23.5 Å². The molecule has 0 bridgehead atoms. The van der Waals surface area contributed by atoms with Crippen LogP contribution in [0.1, 0.15) is 43.0 Å². The van der Waals surface area contributed by atoms with Gasteiger partial charge in [-0.25, -0.2) is 0 Å². The average molecular weight is 396 g/mol. The summed E-state index contributed by atoms with van der Waals surface area (Å²) in [5, 5.41) is 17.0. The Hall–Kier alpha value is -3.42. The van der Waals surface area contributed by atoms with Crippen LogP contribution in [0.3, 0.4) is 0 Å². The second kappa shape index (κ2) is 9.18. The zero-order chi connectivity index (χ0) is 20.8. The number of nitro benzene ring substituents is 1. The van der Waals surface area contributed by atoms with E-state index in [1.165, 1.54) is 6.07 Å². The van der Waals surface area contributed by atoms with Gasteiger partial charge in [0.2, 0.25) is 5.91 Å². The van der Waals surface area contributed by atoms with Gasteiger partial charge in [-0.15, -0.1) is 0 Å². The molecule has 3 rings (SSSR count). The lowest BCUT2D eigenvalue weighted by Gasteiger charge is -2.28. The highest BCUT2D eigenvalue weighted by Gasteiger charge is 2.23. The maximum atomic E-state index is 12.6. The van der Waals surface area contributed by atoms with E-state index in [9.17, 15) is 19.7 Å². The summed E-state index contributed by atoms with van der Waals surface area (Å²) in [6.45, 7) is 3.31. The van der Waals surface area contributed by atoms with Crippen LogP contribution >= 0.6 is 0 Å². The van der Waals surface area contributed by atoms with Crippen molar-refractivity contribution in [2.45, 2.75) is 32.6 Å². The molecule has 1 fully saturated rings. The Balaban J connectivity index is 1.79. The number of benzene rings is 2. The van der Waals surface area contributed by atoms with E-state index in [1.54, 1.807) is 43.3 Å². The van der Waals surface area contributed by atoms with Gasteiger partial charge in [-0.05, 0) is 49.6 Å². The Kier molecular flexibility index (Phi) is 6.43. The van der Waals surface area contributed by atoms with Crippen molar-refractivity contribution in [3.63, 3.8) is 0 Å². The number of anilines is 3. The minimum atomic E-state index is -0.447. The van der Waals surface area contributed by atoms with E-state index in [-0.39, 0.29) is 17.2 Å². The van der Waals surface area contributed by atoms with Gasteiger partial charge in [0.25, 0.3) is 11.6 Å². The van der Waals surface area contributed by atoms with Gasteiger partial charge in [0.05, 0.1) is 4.92 Å². The fraction of sp³-hybridized carbons (Fsp3) is 0.333. The quantitative estimate of drug-likeness (QED) is 0.563. The summed E-state index contributed by atoms with van der Waals surface area (Å²) in [6, 6.07) is 11.3. The molecule has 2 aromatic carbocycles. The first kappa shape index (κ1) is 20.3. The number of nitro groups is 1. The molecule has 2 aromatic rings. The summed E-state index contributed by atoms with van der Waals surface area (Å²) >= 11 is 0. The van der Waals surface area contributed by atoms with Crippen LogP contribution < -0.4 is 15.5 Å². The summed E-state index contributed by atoms with van der Waals surface area (Å²) in [7, 11) is 0. The molecule has 2 N–H and O–H groups in total. The Labute approximate surface area is 169 Å². The summed E-state index contributed by atoms with van der Waals surface area (Å²) in [4.78, 5) is 37.3. The van der Waals surface area contributed by atoms with Crippen molar-refractivity contribution in [2.75, 3.05) is 28.6 Å². The molecule has 0 atom stereocenters. The SMILES string of the molecule is CCC(=O)Nc1cccc(NC(=O)c2ccc(N3CCCCC3)c([N+](=O)[O-])c2)c1. The van der Waals surface area contributed by atoms with Crippen molar-refractivity contribution in [3.8, 4) is 0 Å². The third kappa shape index (κ3) is 5.10. The molecule has 152 valence electrons. The van der Waals surface area contributed by atoms with Gasteiger partial charge in [-0.2, -0.15) is 0 Å². The maximum absolute atomic E-state index is 12.6. The number of carbonyl (C=O) groups is 2. The molecule has 0 aromatic heterocycles. The normalized spacial score (nSPS) is 13.6. The van der Waals surface area contributed by atoms with Crippen molar-refractivity contribution in [1.29, 1.82) is 0 Å². The van der Waals surface area contributed by atoms with Crippen LogP contribution in [0.15, 0.2) is 42.5 Å². The summed E-state index contributed by atoms with van der Waals surface area (Å²) in [5.41, 5.74) is 1.76. The molecule has 8 heteroatoms. The molecule has 2 amide bonds. The molecule has 1 aliphatic rings. The zero-order valence-electron chi connectivity index (χ0n) is 16.3. The molecule has 1 saturated heterocycles. The van der Waals surface area contributed by atoms with Gasteiger partial charge in [0, 0.05) is 42.5 Å². The molecule has 0 aliphatic carbocycles.